The molecule has 0 aromatic heterocycles. The van der Waals surface area contributed by atoms with Crippen LogP contribution < -0.4 is 10.1 Å². The molecule has 0 saturated heterocycles. The maximum atomic E-state index is 14.0. The molecule has 20 heavy (non-hydrogen) atoms. The van der Waals surface area contributed by atoms with Crippen LogP contribution in [0, 0.1) is 11.6 Å². The normalized spacial score (nSPS) is 12.2. The van der Waals surface area contributed by atoms with Crippen molar-refractivity contribution in [1.82, 2.24) is 5.32 Å². The largest absolute Gasteiger partial charge is 0.496 e. The second-order valence-electron chi connectivity index (χ2n) is 4.25. The molecule has 0 aliphatic rings. The maximum absolute atomic E-state index is 14.0. The van der Waals surface area contributed by atoms with Gasteiger partial charge in [0.15, 0.2) is 11.6 Å². The zero-order chi connectivity index (χ0) is 14.7. The highest BCUT2D eigenvalue weighted by Gasteiger charge is 2.21. The molecule has 0 heterocycles. The number of hydrogen-bond donors (Lipinski definition) is 1. The second kappa shape index (κ2) is 6.33. The minimum Gasteiger partial charge on any atom is -0.496 e. The van der Waals surface area contributed by atoms with Crippen LogP contribution in [0.5, 0.6) is 5.75 Å². The molecule has 1 unspecified atom stereocenters. The first-order valence-corrected chi connectivity index (χ1v) is 6.82. The van der Waals surface area contributed by atoms with E-state index in [0.29, 0.717) is 5.75 Å². The minimum atomic E-state index is -0.864. The third-order valence-electron chi connectivity index (χ3n) is 3.08. The Hall–Kier alpha value is -1.46. The van der Waals surface area contributed by atoms with Gasteiger partial charge in [0.05, 0.1) is 13.2 Å². The van der Waals surface area contributed by atoms with Crippen LogP contribution in [0.4, 0.5) is 8.78 Å². The first kappa shape index (κ1) is 14.9. The summed E-state index contributed by atoms with van der Waals surface area (Å²) in [6.45, 7) is 0. The summed E-state index contributed by atoms with van der Waals surface area (Å²) in [4.78, 5) is 0. The number of methoxy groups -OCH3 is 1. The van der Waals surface area contributed by atoms with Crippen LogP contribution in [-0.4, -0.2) is 14.2 Å². The molecule has 1 N–H and O–H groups in total. The topological polar surface area (TPSA) is 21.3 Å². The van der Waals surface area contributed by atoms with Crippen molar-refractivity contribution in [2.75, 3.05) is 14.2 Å². The summed E-state index contributed by atoms with van der Waals surface area (Å²) in [7, 11) is 3.23. The van der Waals surface area contributed by atoms with E-state index in [1.165, 1.54) is 6.07 Å². The Kier molecular flexibility index (Phi) is 4.73. The first-order valence-electron chi connectivity index (χ1n) is 6.03. The summed E-state index contributed by atoms with van der Waals surface area (Å²) in [5.41, 5.74) is 0.970. The molecular weight excluding hydrogens is 328 g/mol. The number of ether oxygens (including phenoxy) is 1. The van der Waals surface area contributed by atoms with Crippen molar-refractivity contribution in [3.63, 3.8) is 0 Å². The molecule has 5 heteroatoms. The summed E-state index contributed by atoms with van der Waals surface area (Å²) >= 11 is 3.38. The lowest BCUT2D eigenvalue weighted by molar-refractivity contribution is 0.403. The summed E-state index contributed by atoms with van der Waals surface area (Å²) in [5.74, 6) is -1.11. The van der Waals surface area contributed by atoms with Crippen molar-refractivity contribution < 1.29 is 13.5 Å². The number of halogens is 3. The Morgan fingerprint density at radius 2 is 1.90 bits per heavy atom. The van der Waals surface area contributed by atoms with Gasteiger partial charge in [0, 0.05) is 15.6 Å². The Labute approximate surface area is 124 Å². The SMILES string of the molecule is CNC(c1cc(Br)ccc1OC)c1cccc(F)c1F. The van der Waals surface area contributed by atoms with Crippen LogP contribution in [-0.2, 0) is 0 Å². The Bertz CT molecular complexity index is 619. The minimum absolute atomic E-state index is 0.240. The van der Waals surface area contributed by atoms with Gasteiger partial charge >= 0.3 is 0 Å². The summed E-state index contributed by atoms with van der Waals surface area (Å²) in [6, 6.07) is 9.08. The van der Waals surface area contributed by atoms with E-state index in [4.69, 9.17) is 4.74 Å². The zero-order valence-corrected chi connectivity index (χ0v) is 12.7. The Morgan fingerprint density at radius 1 is 1.15 bits per heavy atom. The van der Waals surface area contributed by atoms with Gasteiger partial charge in [-0.2, -0.15) is 0 Å². The van der Waals surface area contributed by atoms with Gasteiger partial charge in [-0.25, -0.2) is 8.78 Å². The van der Waals surface area contributed by atoms with Crippen molar-refractivity contribution in [3.05, 3.63) is 63.6 Å². The van der Waals surface area contributed by atoms with E-state index in [2.05, 4.69) is 21.2 Å². The Morgan fingerprint density at radius 3 is 2.55 bits per heavy atom. The van der Waals surface area contributed by atoms with E-state index < -0.39 is 17.7 Å². The van der Waals surface area contributed by atoms with Crippen LogP contribution in [0.15, 0.2) is 40.9 Å². The van der Waals surface area contributed by atoms with Gasteiger partial charge in [-0.1, -0.05) is 28.1 Å². The van der Waals surface area contributed by atoms with E-state index in [1.807, 2.05) is 12.1 Å². The van der Waals surface area contributed by atoms with Crippen LogP contribution in [0.25, 0.3) is 0 Å². The molecule has 0 aliphatic carbocycles. The first-order chi connectivity index (χ1) is 9.58. The fourth-order valence-electron chi connectivity index (χ4n) is 2.15. The van der Waals surface area contributed by atoms with Crippen molar-refractivity contribution in [1.29, 1.82) is 0 Å². The molecule has 2 nitrogen and oxygen atoms in total. The number of hydrogen-bond acceptors (Lipinski definition) is 2. The molecule has 0 aliphatic heterocycles. The van der Waals surface area contributed by atoms with Crippen LogP contribution in [0.1, 0.15) is 17.2 Å². The molecule has 0 saturated carbocycles. The van der Waals surface area contributed by atoms with Gasteiger partial charge < -0.3 is 10.1 Å². The average Bonchev–Trinajstić information content (AvgIpc) is 2.44. The number of benzene rings is 2. The summed E-state index contributed by atoms with van der Waals surface area (Å²) < 4.78 is 33.5. The number of nitrogens with one attached hydrogen (secondary N) is 1. The highest BCUT2D eigenvalue weighted by atomic mass is 79.9. The van der Waals surface area contributed by atoms with E-state index in [1.54, 1.807) is 26.3 Å². The fraction of sp³-hybridized carbons (Fsp3) is 0.200. The lowest BCUT2D eigenvalue weighted by Gasteiger charge is -2.21. The molecular formula is C15H14BrF2NO. The standard InChI is InChI=1S/C15H14BrF2NO/c1-19-15(10-4-3-5-12(17)14(10)18)11-8-9(16)6-7-13(11)20-2/h3-8,15,19H,1-2H3. The van der Waals surface area contributed by atoms with Gasteiger partial charge in [-0.3, -0.25) is 0 Å². The van der Waals surface area contributed by atoms with Gasteiger partial charge in [-0.05, 0) is 31.3 Å². The highest BCUT2D eigenvalue weighted by Crippen LogP contribution is 2.33. The summed E-state index contributed by atoms with van der Waals surface area (Å²) in [6.07, 6.45) is 0. The third kappa shape index (κ3) is 2.83. The van der Waals surface area contributed by atoms with E-state index in [-0.39, 0.29) is 5.56 Å². The third-order valence-corrected chi connectivity index (χ3v) is 3.58. The summed E-state index contributed by atoms with van der Waals surface area (Å²) in [5, 5.41) is 3.00. The van der Waals surface area contributed by atoms with Gasteiger partial charge in [0.2, 0.25) is 0 Å². The lowest BCUT2D eigenvalue weighted by atomic mass is 9.97. The van der Waals surface area contributed by atoms with E-state index in [9.17, 15) is 8.78 Å². The molecule has 2 aromatic carbocycles. The molecule has 106 valence electrons. The van der Waals surface area contributed by atoms with Gasteiger partial charge in [0.25, 0.3) is 0 Å². The second-order valence-corrected chi connectivity index (χ2v) is 5.17. The molecule has 0 spiro atoms. The Balaban J connectivity index is 2.58. The van der Waals surface area contributed by atoms with Crippen LogP contribution >= 0.6 is 15.9 Å². The predicted molar refractivity (Wildman–Crippen MR) is 78.0 cm³/mol. The van der Waals surface area contributed by atoms with Crippen molar-refractivity contribution in [2.24, 2.45) is 0 Å². The maximum Gasteiger partial charge on any atom is 0.163 e. The molecule has 0 radical (unpaired) electrons. The fourth-order valence-corrected chi connectivity index (χ4v) is 2.53. The molecule has 0 fully saturated rings. The van der Waals surface area contributed by atoms with Crippen LogP contribution in [0.3, 0.4) is 0 Å². The quantitative estimate of drug-likeness (QED) is 0.905. The van der Waals surface area contributed by atoms with Crippen molar-refractivity contribution in [3.8, 4) is 5.75 Å². The van der Waals surface area contributed by atoms with E-state index >= 15 is 0 Å². The van der Waals surface area contributed by atoms with Crippen molar-refractivity contribution >= 4 is 15.9 Å². The zero-order valence-electron chi connectivity index (χ0n) is 11.1. The van der Waals surface area contributed by atoms with Gasteiger partial charge in [-0.15, -0.1) is 0 Å². The van der Waals surface area contributed by atoms with Crippen molar-refractivity contribution in [2.45, 2.75) is 6.04 Å². The molecule has 0 amide bonds. The molecule has 0 bridgehead atoms. The molecule has 1 atom stereocenters. The van der Waals surface area contributed by atoms with Crippen LogP contribution in [0.2, 0.25) is 0 Å². The average molecular weight is 342 g/mol. The molecule has 2 rings (SSSR count). The monoisotopic (exact) mass is 341 g/mol. The predicted octanol–water partition coefficient (Wildman–Crippen LogP) is 4.04. The molecule has 2 aromatic rings. The highest BCUT2D eigenvalue weighted by molar-refractivity contribution is 9.10. The lowest BCUT2D eigenvalue weighted by Crippen LogP contribution is -2.20. The van der Waals surface area contributed by atoms with Gasteiger partial charge in [0.1, 0.15) is 5.75 Å². The number of rotatable bonds is 4. The smallest absolute Gasteiger partial charge is 0.163 e. The van der Waals surface area contributed by atoms with E-state index in [0.717, 1.165) is 16.1 Å².